The second kappa shape index (κ2) is 7.91. The highest BCUT2D eigenvalue weighted by molar-refractivity contribution is 6.48. The smallest absolute Gasteiger partial charge is 0.223 e. The Labute approximate surface area is 201 Å². The third kappa shape index (κ3) is 4.01. The van der Waals surface area contributed by atoms with E-state index in [4.69, 9.17) is 39.6 Å². The van der Waals surface area contributed by atoms with Gasteiger partial charge < -0.3 is 15.3 Å². The minimum atomic E-state index is -0.955. The standard InChI is InChI=1S/C24H23Cl3N2O3/c1-23(16-8-18(25)21(27)19(26)9-16)12-20(29-32-23)13-2-4-15(5-3-13)24(31)10-14(11-24)22(30)28-17-6-7-17/h2-5,8-9,14,17,31H,6-7,10-12H2,1H3,(H,28,30). The lowest BCUT2D eigenvalue weighted by Gasteiger charge is -2.43. The first-order valence-corrected chi connectivity index (χ1v) is 11.8. The van der Waals surface area contributed by atoms with Crippen LogP contribution in [0.1, 0.15) is 55.7 Å². The van der Waals surface area contributed by atoms with Crippen molar-refractivity contribution in [2.24, 2.45) is 11.1 Å². The monoisotopic (exact) mass is 492 g/mol. The minimum absolute atomic E-state index is 0.0629. The topological polar surface area (TPSA) is 70.9 Å². The van der Waals surface area contributed by atoms with Gasteiger partial charge in [0, 0.05) is 23.9 Å². The number of oxime groups is 1. The van der Waals surface area contributed by atoms with E-state index in [1.54, 1.807) is 12.1 Å². The summed E-state index contributed by atoms with van der Waals surface area (Å²) in [6.07, 6.45) is 3.56. The summed E-state index contributed by atoms with van der Waals surface area (Å²) in [5.41, 5.74) is 1.66. The van der Waals surface area contributed by atoms with Crippen LogP contribution in [0, 0.1) is 5.92 Å². The van der Waals surface area contributed by atoms with E-state index in [0.717, 1.165) is 35.2 Å². The van der Waals surface area contributed by atoms with Crippen LogP contribution < -0.4 is 5.32 Å². The molecule has 1 amide bonds. The number of hydrogen-bond donors (Lipinski definition) is 2. The number of aliphatic hydroxyl groups is 1. The fraction of sp³-hybridized carbons (Fsp3) is 0.417. The zero-order valence-corrected chi connectivity index (χ0v) is 19.8. The summed E-state index contributed by atoms with van der Waals surface area (Å²) in [5, 5.41) is 19.3. The zero-order valence-electron chi connectivity index (χ0n) is 17.5. The fourth-order valence-corrected chi connectivity index (χ4v) is 5.00. The average Bonchev–Trinajstić information content (AvgIpc) is 3.47. The Morgan fingerprint density at radius 2 is 1.72 bits per heavy atom. The predicted octanol–water partition coefficient (Wildman–Crippen LogP) is 5.56. The Morgan fingerprint density at radius 3 is 2.31 bits per heavy atom. The number of hydrogen-bond acceptors (Lipinski definition) is 4. The molecule has 1 unspecified atom stereocenters. The lowest BCUT2D eigenvalue weighted by molar-refractivity contribution is -0.142. The van der Waals surface area contributed by atoms with Crippen molar-refractivity contribution in [3.8, 4) is 0 Å². The maximum absolute atomic E-state index is 12.2. The zero-order chi connectivity index (χ0) is 22.7. The van der Waals surface area contributed by atoms with Gasteiger partial charge in [-0.2, -0.15) is 0 Å². The Balaban J connectivity index is 1.25. The van der Waals surface area contributed by atoms with E-state index in [9.17, 15) is 9.90 Å². The van der Waals surface area contributed by atoms with Gasteiger partial charge in [0.25, 0.3) is 0 Å². The number of carbonyl (C=O) groups excluding carboxylic acids is 1. The first-order valence-electron chi connectivity index (χ1n) is 10.7. The van der Waals surface area contributed by atoms with E-state index in [2.05, 4.69) is 10.5 Å². The Morgan fingerprint density at radius 1 is 1.09 bits per heavy atom. The summed E-state index contributed by atoms with van der Waals surface area (Å²) in [5.74, 6) is -0.0560. The van der Waals surface area contributed by atoms with E-state index in [1.165, 1.54) is 0 Å². The summed E-state index contributed by atoms with van der Waals surface area (Å²) >= 11 is 18.5. The molecule has 0 radical (unpaired) electrons. The number of benzene rings is 2. The van der Waals surface area contributed by atoms with Crippen LogP contribution in [0.3, 0.4) is 0 Å². The second-order valence-corrected chi connectivity index (χ2v) is 10.5. The minimum Gasteiger partial charge on any atom is -0.385 e. The van der Waals surface area contributed by atoms with Gasteiger partial charge in [-0.05, 0) is 55.9 Å². The summed E-state index contributed by atoms with van der Waals surface area (Å²) in [6, 6.07) is 11.5. The van der Waals surface area contributed by atoms with Gasteiger partial charge >= 0.3 is 0 Å². The van der Waals surface area contributed by atoms with E-state index >= 15 is 0 Å². The molecule has 3 aliphatic rings. The van der Waals surface area contributed by atoms with E-state index < -0.39 is 11.2 Å². The summed E-state index contributed by atoms with van der Waals surface area (Å²) < 4.78 is 0. The van der Waals surface area contributed by atoms with Crippen molar-refractivity contribution in [1.29, 1.82) is 0 Å². The van der Waals surface area contributed by atoms with Crippen molar-refractivity contribution in [2.75, 3.05) is 0 Å². The van der Waals surface area contributed by atoms with Crippen molar-refractivity contribution in [3.05, 3.63) is 68.2 Å². The largest absolute Gasteiger partial charge is 0.385 e. The third-order valence-corrected chi connectivity index (χ3v) is 7.87. The van der Waals surface area contributed by atoms with Crippen LogP contribution in [0.2, 0.25) is 15.1 Å². The molecule has 1 aliphatic heterocycles. The van der Waals surface area contributed by atoms with Crippen LogP contribution in [0.4, 0.5) is 0 Å². The first kappa shape index (κ1) is 22.0. The van der Waals surface area contributed by atoms with Crippen molar-refractivity contribution in [2.45, 2.75) is 56.3 Å². The summed E-state index contributed by atoms with van der Waals surface area (Å²) in [6.45, 7) is 1.93. The Kier molecular flexibility index (Phi) is 5.44. The SMILES string of the molecule is CC1(c2cc(Cl)c(Cl)c(Cl)c2)CC(c2ccc(C3(O)CC(C(=O)NC4CC4)C3)cc2)=NO1. The Hall–Kier alpha value is -1.79. The second-order valence-electron chi connectivity index (χ2n) is 9.29. The van der Waals surface area contributed by atoms with Crippen LogP contribution in [0.15, 0.2) is 41.6 Å². The molecule has 2 aromatic rings. The third-order valence-electron chi connectivity index (χ3n) is 6.67. The van der Waals surface area contributed by atoms with Gasteiger partial charge in [0.05, 0.1) is 26.4 Å². The van der Waals surface area contributed by atoms with Crippen molar-refractivity contribution in [1.82, 2.24) is 5.32 Å². The molecule has 1 atom stereocenters. The lowest BCUT2D eigenvalue weighted by Crippen LogP contribution is -2.48. The number of nitrogens with one attached hydrogen (secondary N) is 1. The molecule has 32 heavy (non-hydrogen) atoms. The molecule has 0 saturated heterocycles. The summed E-state index contributed by atoms with van der Waals surface area (Å²) in [4.78, 5) is 18.0. The van der Waals surface area contributed by atoms with Crippen LogP contribution in [-0.4, -0.2) is 22.8 Å². The van der Waals surface area contributed by atoms with Gasteiger partial charge in [-0.25, -0.2) is 0 Å². The quantitative estimate of drug-likeness (QED) is 0.536. The van der Waals surface area contributed by atoms with E-state index in [0.29, 0.717) is 40.4 Å². The number of halogens is 3. The molecule has 8 heteroatoms. The van der Waals surface area contributed by atoms with Gasteiger partial charge in [-0.3, -0.25) is 4.79 Å². The normalized spacial score (nSPS) is 29.2. The maximum Gasteiger partial charge on any atom is 0.223 e. The number of nitrogens with zero attached hydrogens (tertiary/aromatic N) is 1. The number of carbonyl (C=O) groups is 1. The highest BCUT2D eigenvalue weighted by Gasteiger charge is 2.48. The molecular formula is C24H23Cl3N2O3. The average molecular weight is 494 g/mol. The van der Waals surface area contributed by atoms with Gasteiger partial charge in [0.1, 0.15) is 0 Å². The maximum atomic E-state index is 12.2. The van der Waals surface area contributed by atoms with E-state index in [1.807, 2.05) is 31.2 Å². The van der Waals surface area contributed by atoms with Crippen LogP contribution >= 0.6 is 34.8 Å². The molecule has 2 aromatic carbocycles. The predicted molar refractivity (Wildman–Crippen MR) is 125 cm³/mol. The molecule has 0 aromatic heterocycles. The van der Waals surface area contributed by atoms with E-state index in [-0.39, 0.29) is 11.8 Å². The molecule has 5 rings (SSSR count). The molecule has 2 saturated carbocycles. The van der Waals surface area contributed by atoms with Gasteiger partial charge in [-0.15, -0.1) is 0 Å². The van der Waals surface area contributed by atoms with Crippen molar-refractivity contribution < 1.29 is 14.7 Å². The molecule has 0 spiro atoms. The summed E-state index contributed by atoms with van der Waals surface area (Å²) in [7, 11) is 0. The molecule has 2 fully saturated rings. The highest BCUT2D eigenvalue weighted by atomic mass is 35.5. The molecule has 5 nitrogen and oxygen atoms in total. The molecule has 1 heterocycles. The molecular weight excluding hydrogens is 471 g/mol. The van der Waals surface area contributed by atoms with Crippen LogP contribution in [0.5, 0.6) is 0 Å². The van der Waals surface area contributed by atoms with Gasteiger partial charge in [-0.1, -0.05) is 64.2 Å². The number of rotatable bonds is 5. The van der Waals surface area contributed by atoms with Crippen molar-refractivity contribution >= 4 is 46.4 Å². The van der Waals surface area contributed by atoms with Crippen molar-refractivity contribution in [3.63, 3.8) is 0 Å². The Bertz CT molecular complexity index is 1080. The van der Waals surface area contributed by atoms with Gasteiger partial charge in [0.15, 0.2) is 5.60 Å². The molecule has 2 aliphatic carbocycles. The van der Waals surface area contributed by atoms with Crippen LogP contribution in [-0.2, 0) is 20.8 Å². The number of amides is 1. The van der Waals surface area contributed by atoms with Gasteiger partial charge in [0.2, 0.25) is 5.91 Å². The molecule has 0 bridgehead atoms. The highest BCUT2D eigenvalue weighted by Crippen LogP contribution is 2.46. The van der Waals surface area contributed by atoms with Crippen LogP contribution in [0.25, 0.3) is 0 Å². The molecule has 168 valence electrons. The fourth-order valence-electron chi connectivity index (χ4n) is 4.41. The first-order chi connectivity index (χ1) is 15.2. The molecule has 2 N–H and O–H groups in total. The lowest BCUT2D eigenvalue weighted by atomic mass is 9.67.